The molecule has 5 heteroatoms. The number of hydrogen-bond acceptors (Lipinski definition) is 3. The Kier molecular flexibility index (Phi) is 6.31. The van der Waals surface area contributed by atoms with Gasteiger partial charge in [-0.25, -0.2) is 4.98 Å². The van der Waals surface area contributed by atoms with Crippen molar-refractivity contribution in [2.45, 2.75) is 44.0 Å². The Morgan fingerprint density at radius 1 is 1.14 bits per heavy atom. The Balaban J connectivity index is 1.56. The third-order valence-corrected chi connectivity index (χ3v) is 6.55. The van der Waals surface area contributed by atoms with Crippen LogP contribution in [-0.2, 0) is 13.0 Å². The molecule has 0 aliphatic heterocycles. The Morgan fingerprint density at radius 3 is 2.72 bits per heavy atom. The first-order valence-corrected chi connectivity index (χ1v) is 10.9. The minimum Gasteiger partial charge on any atom is -0.330 e. The highest BCUT2D eigenvalue weighted by Crippen LogP contribution is 2.29. The summed E-state index contributed by atoms with van der Waals surface area (Å²) >= 11 is 6.61. The zero-order valence-corrected chi connectivity index (χ0v) is 17.4. The lowest BCUT2D eigenvalue weighted by Gasteiger charge is -2.28. The van der Waals surface area contributed by atoms with Crippen molar-refractivity contribution < 1.29 is 0 Å². The maximum atomic E-state index is 13.1. The lowest BCUT2D eigenvalue weighted by molar-refractivity contribution is 0.246. The van der Waals surface area contributed by atoms with E-state index in [0.717, 1.165) is 42.6 Å². The summed E-state index contributed by atoms with van der Waals surface area (Å²) in [4.78, 5) is 17.7. The van der Waals surface area contributed by atoms with Crippen LogP contribution < -0.4 is 11.3 Å². The highest BCUT2D eigenvalue weighted by atomic mass is 35.5. The van der Waals surface area contributed by atoms with Crippen LogP contribution in [0.15, 0.2) is 59.7 Å². The fraction of sp³-hybridized carbons (Fsp3) is 0.417. The molecule has 29 heavy (non-hydrogen) atoms. The van der Waals surface area contributed by atoms with E-state index in [1.807, 2.05) is 48.5 Å². The van der Waals surface area contributed by atoms with E-state index < -0.39 is 0 Å². The Hall–Kier alpha value is -2.17. The molecule has 0 spiro atoms. The second kappa shape index (κ2) is 9.10. The van der Waals surface area contributed by atoms with Crippen molar-refractivity contribution in [1.82, 2.24) is 9.55 Å². The fourth-order valence-electron chi connectivity index (χ4n) is 4.51. The van der Waals surface area contributed by atoms with Crippen LogP contribution in [-0.4, -0.2) is 16.1 Å². The van der Waals surface area contributed by atoms with Gasteiger partial charge in [-0.3, -0.25) is 9.36 Å². The van der Waals surface area contributed by atoms with Crippen LogP contribution in [0.3, 0.4) is 0 Å². The van der Waals surface area contributed by atoms with Crippen molar-refractivity contribution in [1.29, 1.82) is 0 Å². The van der Waals surface area contributed by atoms with Gasteiger partial charge in [0.1, 0.15) is 0 Å². The molecule has 4 rings (SSSR count). The molecular formula is C24H28ClN3O. The van der Waals surface area contributed by atoms with Crippen molar-refractivity contribution in [2.75, 3.05) is 6.54 Å². The minimum absolute atomic E-state index is 0.0394. The van der Waals surface area contributed by atoms with E-state index in [4.69, 9.17) is 17.3 Å². The SMILES string of the molecule is NCC1CCCC(Cn2cnc3ccc(CC(Cl)c4ccccc4)cc3c2=O)C1. The summed E-state index contributed by atoms with van der Waals surface area (Å²) in [5, 5.41) is 0.552. The van der Waals surface area contributed by atoms with Gasteiger partial charge >= 0.3 is 0 Å². The summed E-state index contributed by atoms with van der Waals surface area (Å²) < 4.78 is 1.78. The van der Waals surface area contributed by atoms with Gasteiger partial charge in [-0.1, -0.05) is 42.8 Å². The molecule has 0 bridgehead atoms. The number of hydrogen-bond donors (Lipinski definition) is 1. The molecule has 1 fully saturated rings. The van der Waals surface area contributed by atoms with Gasteiger partial charge in [0, 0.05) is 6.54 Å². The summed E-state index contributed by atoms with van der Waals surface area (Å²) in [6.07, 6.45) is 7.05. The lowest BCUT2D eigenvalue weighted by Crippen LogP contribution is -2.29. The molecule has 4 nitrogen and oxygen atoms in total. The molecule has 152 valence electrons. The van der Waals surface area contributed by atoms with Crippen LogP contribution in [0.2, 0.25) is 0 Å². The second-order valence-electron chi connectivity index (χ2n) is 8.27. The summed E-state index contributed by atoms with van der Waals surface area (Å²) in [7, 11) is 0. The zero-order valence-electron chi connectivity index (χ0n) is 16.6. The van der Waals surface area contributed by atoms with Crippen LogP contribution in [0, 0.1) is 11.8 Å². The summed E-state index contributed by atoms with van der Waals surface area (Å²) in [6.45, 7) is 1.47. The van der Waals surface area contributed by atoms with E-state index in [2.05, 4.69) is 4.98 Å². The topological polar surface area (TPSA) is 60.9 Å². The lowest BCUT2D eigenvalue weighted by atomic mass is 9.81. The van der Waals surface area contributed by atoms with Crippen LogP contribution in [0.25, 0.3) is 10.9 Å². The van der Waals surface area contributed by atoms with E-state index in [9.17, 15) is 4.79 Å². The van der Waals surface area contributed by atoms with Crippen LogP contribution in [0.1, 0.15) is 42.2 Å². The average molecular weight is 410 g/mol. The monoisotopic (exact) mass is 409 g/mol. The molecule has 1 aromatic heterocycles. The van der Waals surface area contributed by atoms with E-state index in [0.29, 0.717) is 23.6 Å². The molecule has 3 atom stereocenters. The highest BCUT2D eigenvalue weighted by molar-refractivity contribution is 6.20. The van der Waals surface area contributed by atoms with E-state index in [-0.39, 0.29) is 10.9 Å². The molecular weight excluding hydrogens is 382 g/mol. The number of fused-ring (bicyclic) bond motifs is 1. The van der Waals surface area contributed by atoms with Crippen LogP contribution in [0.5, 0.6) is 0 Å². The third-order valence-electron chi connectivity index (χ3n) is 6.14. The maximum absolute atomic E-state index is 13.1. The third kappa shape index (κ3) is 4.71. The first kappa shape index (κ1) is 20.1. The smallest absolute Gasteiger partial charge is 0.261 e. The standard InChI is InChI=1S/C24H28ClN3O/c25-22(20-7-2-1-3-8-20)13-17-9-10-23-21(12-17)24(29)28(16-27-23)15-19-6-4-5-18(11-19)14-26/h1-3,7-10,12,16,18-19,22H,4-6,11,13-15,26H2. The van der Waals surface area contributed by atoms with Gasteiger partial charge in [-0.05, 0) is 67.3 Å². The van der Waals surface area contributed by atoms with E-state index in [1.54, 1.807) is 10.9 Å². The summed E-state index contributed by atoms with van der Waals surface area (Å²) in [6, 6.07) is 15.9. The highest BCUT2D eigenvalue weighted by Gasteiger charge is 2.22. The average Bonchev–Trinajstić information content (AvgIpc) is 2.77. The van der Waals surface area contributed by atoms with Gasteiger partial charge in [0.2, 0.25) is 0 Å². The quantitative estimate of drug-likeness (QED) is 0.601. The summed E-state index contributed by atoms with van der Waals surface area (Å²) in [5.41, 5.74) is 8.79. The maximum Gasteiger partial charge on any atom is 0.261 e. The predicted molar refractivity (Wildman–Crippen MR) is 119 cm³/mol. The molecule has 1 heterocycles. The Morgan fingerprint density at radius 2 is 1.93 bits per heavy atom. The van der Waals surface area contributed by atoms with Crippen molar-refractivity contribution in [2.24, 2.45) is 17.6 Å². The molecule has 3 unspecified atom stereocenters. The molecule has 0 saturated heterocycles. The van der Waals surface area contributed by atoms with Crippen molar-refractivity contribution in [3.8, 4) is 0 Å². The van der Waals surface area contributed by atoms with E-state index >= 15 is 0 Å². The van der Waals surface area contributed by atoms with Crippen molar-refractivity contribution >= 4 is 22.5 Å². The number of nitrogens with zero attached hydrogens (tertiary/aromatic N) is 2. The molecule has 2 N–H and O–H groups in total. The number of halogens is 1. The first-order chi connectivity index (χ1) is 14.1. The zero-order chi connectivity index (χ0) is 20.2. The largest absolute Gasteiger partial charge is 0.330 e. The molecule has 3 aromatic rings. The predicted octanol–water partition coefficient (Wildman–Crippen LogP) is 4.68. The number of aromatic nitrogens is 2. The normalized spacial score (nSPS) is 20.6. The molecule has 1 aliphatic carbocycles. The first-order valence-electron chi connectivity index (χ1n) is 10.5. The summed E-state index contributed by atoms with van der Waals surface area (Å²) in [5.74, 6) is 1.09. The molecule has 0 radical (unpaired) electrons. The number of nitrogens with two attached hydrogens (primary N) is 1. The second-order valence-corrected chi connectivity index (χ2v) is 8.80. The molecule has 1 saturated carbocycles. The van der Waals surface area contributed by atoms with Gasteiger partial charge < -0.3 is 5.73 Å². The Bertz CT molecular complexity index is 1020. The number of rotatable bonds is 6. The molecule has 0 amide bonds. The number of benzene rings is 2. The van der Waals surface area contributed by atoms with Gasteiger partial charge in [0.15, 0.2) is 0 Å². The fourth-order valence-corrected chi connectivity index (χ4v) is 4.83. The minimum atomic E-state index is -0.122. The van der Waals surface area contributed by atoms with Crippen molar-refractivity contribution in [3.63, 3.8) is 0 Å². The van der Waals surface area contributed by atoms with E-state index in [1.165, 1.54) is 12.8 Å². The number of alkyl halides is 1. The van der Waals surface area contributed by atoms with Crippen molar-refractivity contribution in [3.05, 3.63) is 76.3 Å². The van der Waals surface area contributed by atoms with Gasteiger partial charge in [-0.15, -0.1) is 11.6 Å². The van der Waals surface area contributed by atoms with Crippen LogP contribution >= 0.6 is 11.6 Å². The molecule has 1 aliphatic rings. The van der Waals surface area contributed by atoms with Crippen LogP contribution in [0.4, 0.5) is 0 Å². The van der Waals surface area contributed by atoms with Gasteiger partial charge in [-0.2, -0.15) is 0 Å². The Labute approximate surface area is 176 Å². The van der Waals surface area contributed by atoms with Gasteiger partial charge in [0.05, 0.1) is 22.6 Å². The molecule has 2 aromatic carbocycles. The van der Waals surface area contributed by atoms with Gasteiger partial charge in [0.25, 0.3) is 5.56 Å².